The van der Waals surface area contributed by atoms with E-state index in [4.69, 9.17) is 0 Å². The highest BCUT2D eigenvalue weighted by molar-refractivity contribution is 14.0. The summed E-state index contributed by atoms with van der Waals surface area (Å²) in [6.07, 6.45) is 1.00. The van der Waals surface area contributed by atoms with Crippen LogP contribution in [-0.2, 0) is 6.42 Å². The first-order valence-corrected chi connectivity index (χ1v) is 10.1. The first kappa shape index (κ1) is 21.8. The van der Waals surface area contributed by atoms with Crippen molar-refractivity contribution in [3.8, 4) is 0 Å². The Hall–Kier alpha value is -1.48. The number of guanidine groups is 1. The van der Waals surface area contributed by atoms with Crippen LogP contribution in [0.2, 0.25) is 0 Å². The molecule has 3 rings (SSSR count). The Labute approximate surface area is 184 Å². The Morgan fingerprint density at radius 3 is 2.37 bits per heavy atom. The lowest BCUT2D eigenvalue weighted by molar-refractivity contribution is 0.374. The van der Waals surface area contributed by atoms with E-state index in [0.29, 0.717) is 0 Å². The summed E-state index contributed by atoms with van der Waals surface area (Å²) in [6, 6.07) is 13.1. The maximum Gasteiger partial charge on any atom is 0.193 e. The maximum absolute atomic E-state index is 4.48. The summed E-state index contributed by atoms with van der Waals surface area (Å²) in [5.74, 6) is 1.01. The van der Waals surface area contributed by atoms with Gasteiger partial charge in [-0.25, -0.2) is 0 Å². The minimum atomic E-state index is 0. The molecule has 7 heteroatoms. The molecule has 2 aromatic rings. The third kappa shape index (κ3) is 6.00. The van der Waals surface area contributed by atoms with E-state index >= 15 is 0 Å². The van der Waals surface area contributed by atoms with E-state index < -0.39 is 0 Å². The molecule has 148 valence electrons. The van der Waals surface area contributed by atoms with Crippen molar-refractivity contribution < 1.29 is 0 Å². The summed E-state index contributed by atoms with van der Waals surface area (Å²) < 4.78 is 0. The minimum absolute atomic E-state index is 0. The maximum atomic E-state index is 4.48. The summed E-state index contributed by atoms with van der Waals surface area (Å²) in [6.45, 7) is 5.02. The third-order valence-corrected chi connectivity index (χ3v) is 5.69. The van der Waals surface area contributed by atoms with Gasteiger partial charge >= 0.3 is 0 Å². The highest BCUT2D eigenvalue weighted by Gasteiger charge is 2.20. The first-order valence-electron chi connectivity index (χ1n) is 9.17. The molecule has 5 nitrogen and oxygen atoms in total. The van der Waals surface area contributed by atoms with E-state index in [2.05, 4.69) is 80.9 Å². The standard InChI is InChI=1S/C20H29N5S.HI/c1-21-20(22-11-10-17-6-8-18(9-7-17)23(2)3)25-14-12-24(13-15-25)19-5-4-16-26-19;/h4-9,16H,10-15H2,1-3H3,(H,21,22);1H. The lowest BCUT2D eigenvalue weighted by Crippen LogP contribution is -2.52. The quantitative estimate of drug-likeness (QED) is 0.389. The fourth-order valence-corrected chi connectivity index (χ4v) is 3.99. The van der Waals surface area contributed by atoms with Gasteiger partial charge in [0, 0.05) is 59.6 Å². The van der Waals surface area contributed by atoms with Crippen LogP contribution >= 0.6 is 35.3 Å². The molecule has 2 heterocycles. The van der Waals surface area contributed by atoms with E-state index in [1.807, 2.05) is 18.4 Å². The number of nitrogens with one attached hydrogen (secondary N) is 1. The molecule has 0 amide bonds. The molecule has 1 aromatic carbocycles. The number of thiophene rings is 1. The van der Waals surface area contributed by atoms with Gasteiger partial charge < -0.3 is 20.0 Å². The average Bonchev–Trinajstić information content (AvgIpc) is 3.21. The van der Waals surface area contributed by atoms with Crippen molar-refractivity contribution >= 4 is 52.0 Å². The molecule has 1 fully saturated rings. The van der Waals surface area contributed by atoms with Crippen LogP contribution in [0.4, 0.5) is 10.7 Å². The summed E-state index contributed by atoms with van der Waals surface area (Å²) in [4.78, 5) is 11.4. The molecule has 0 unspecified atom stereocenters. The molecule has 1 aliphatic rings. The zero-order valence-corrected chi connectivity index (χ0v) is 19.5. The summed E-state index contributed by atoms with van der Waals surface area (Å²) in [5.41, 5.74) is 2.59. The van der Waals surface area contributed by atoms with Crippen LogP contribution in [0.5, 0.6) is 0 Å². The minimum Gasteiger partial charge on any atom is -0.378 e. The monoisotopic (exact) mass is 499 g/mol. The van der Waals surface area contributed by atoms with Gasteiger partial charge in [0.15, 0.2) is 5.96 Å². The third-order valence-electron chi connectivity index (χ3n) is 4.76. The molecule has 0 saturated carbocycles. The van der Waals surface area contributed by atoms with Crippen molar-refractivity contribution in [1.29, 1.82) is 0 Å². The van der Waals surface area contributed by atoms with Crippen molar-refractivity contribution in [2.24, 2.45) is 4.99 Å². The Morgan fingerprint density at radius 1 is 1.11 bits per heavy atom. The van der Waals surface area contributed by atoms with E-state index in [1.54, 1.807) is 0 Å². The Morgan fingerprint density at radius 2 is 1.81 bits per heavy atom. The fourth-order valence-electron chi connectivity index (χ4n) is 3.20. The Kier molecular flexibility index (Phi) is 8.69. The molecule has 1 N–H and O–H groups in total. The Balaban J connectivity index is 0.00000261. The highest BCUT2D eigenvalue weighted by Crippen LogP contribution is 2.22. The van der Waals surface area contributed by atoms with E-state index in [-0.39, 0.29) is 24.0 Å². The number of anilines is 2. The van der Waals surface area contributed by atoms with Crippen LogP contribution in [0.1, 0.15) is 5.56 Å². The SMILES string of the molecule is CN=C(NCCc1ccc(N(C)C)cc1)N1CCN(c2cccs2)CC1.I. The topological polar surface area (TPSA) is 34.1 Å². The zero-order valence-electron chi connectivity index (χ0n) is 16.4. The summed E-state index contributed by atoms with van der Waals surface area (Å²) in [7, 11) is 6.01. The molecule has 0 spiro atoms. The van der Waals surface area contributed by atoms with Gasteiger partial charge in [-0.3, -0.25) is 4.99 Å². The second-order valence-corrected chi connectivity index (χ2v) is 7.64. The van der Waals surface area contributed by atoms with Crippen molar-refractivity contribution in [3.05, 3.63) is 47.3 Å². The van der Waals surface area contributed by atoms with Gasteiger partial charge in [-0.1, -0.05) is 12.1 Å². The van der Waals surface area contributed by atoms with Gasteiger partial charge in [0.05, 0.1) is 5.00 Å². The molecule has 0 bridgehead atoms. The largest absolute Gasteiger partial charge is 0.378 e. The molecule has 0 radical (unpaired) electrons. The number of nitrogens with zero attached hydrogens (tertiary/aromatic N) is 4. The van der Waals surface area contributed by atoms with Crippen LogP contribution in [0.25, 0.3) is 0 Å². The van der Waals surface area contributed by atoms with Gasteiger partial charge in [0.25, 0.3) is 0 Å². The number of rotatable bonds is 5. The van der Waals surface area contributed by atoms with E-state index in [0.717, 1.165) is 45.1 Å². The molecule has 27 heavy (non-hydrogen) atoms. The lowest BCUT2D eigenvalue weighted by atomic mass is 10.1. The van der Waals surface area contributed by atoms with E-state index in [1.165, 1.54) is 16.3 Å². The first-order chi connectivity index (χ1) is 12.7. The van der Waals surface area contributed by atoms with Gasteiger partial charge in [0.1, 0.15) is 0 Å². The summed E-state index contributed by atoms with van der Waals surface area (Å²) >= 11 is 1.82. The van der Waals surface area contributed by atoms with Gasteiger partial charge in [-0.05, 0) is 41.6 Å². The second-order valence-electron chi connectivity index (χ2n) is 6.71. The number of piperazine rings is 1. The fraction of sp³-hybridized carbons (Fsp3) is 0.450. The molecular weight excluding hydrogens is 469 g/mol. The van der Waals surface area contributed by atoms with Crippen molar-refractivity contribution in [1.82, 2.24) is 10.2 Å². The second kappa shape index (κ2) is 10.8. The molecule has 0 atom stereocenters. The van der Waals surface area contributed by atoms with Gasteiger partial charge in [-0.2, -0.15) is 0 Å². The predicted octanol–water partition coefficient (Wildman–Crippen LogP) is 3.37. The molecule has 1 aliphatic heterocycles. The van der Waals surface area contributed by atoms with Crippen molar-refractivity contribution in [2.45, 2.75) is 6.42 Å². The van der Waals surface area contributed by atoms with Crippen molar-refractivity contribution in [2.75, 3.05) is 63.7 Å². The number of halogens is 1. The Bertz CT molecular complexity index is 692. The van der Waals surface area contributed by atoms with Gasteiger partial charge in [-0.15, -0.1) is 35.3 Å². The van der Waals surface area contributed by atoms with E-state index in [9.17, 15) is 0 Å². The van der Waals surface area contributed by atoms with Crippen LogP contribution in [-0.4, -0.2) is 64.7 Å². The number of hydrogen-bond donors (Lipinski definition) is 1. The van der Waals surface area contributed by atoms with Crippen LogP contribution in [0.15, 0.2) is 46.8 Å². The predicted molar refractivity (Wildman–Crippen MR) is 129 cm³/mol. The smallest absolute Gasteiger partial charge is 0.193 e. The van der Waals surface area contributed by atoms with Crippen LogP contribution < -0.4 is 15.1 Å². The summed E-state index contributed by atoms with van der Waals surface area (Å²) in [5, 5.41) is 7.04. The number of aliphatic imine (C=N–C) groups is 1. The van der Waals surface area contributed by atoms with Crippen molar-refractivity contribution in [3.63, 3.8) is 0 Å². The average molecular weight is 499 g/mol. The highest BCUT2D eigenvalue weighted by atomic mass is 127. The molecule has 0 aliphatic carbocycles. The molecular formula is C20H30IN5S. The number of hydrogen-bond acceptors (Lipinski definition) is 4. The molecule has 1 aromatic heterocycles. The van der Waals surface area contributed by atoms with Crippen LogP contribution in [0, 0.1) is 0 Å². The zero-order chi connectivity index (χ0) is 18.4. The lowest BCUT2D eigenvalue weighted by Gasteiger charge is -2.37. The van der Waals surface area contributed by atoms with Crippen LogP contribution in [0.3, 0.4) is 0 Å². The normalized spacial score (nSPS) is 14.7. The number of benzene rings is 1. The van der Waals surface area contributed by atoms with Gasteiger partial charge in [0.2, 0.25) is 0 Å². The molecule has 1 saturated heterocycles.